The van der Waals surface area contributed by atoms with Crippen LogP contribution in [0.3, 0.4) is 0 Å². The van der Waals surface area contributed by atoms with E-state index in [-0.39, 0.29) is 0 Å². The third-order valence-electron chi connectivity index (χ3n) is 3.12. The molecule has 0 heterocycles. The Hall–Kier alpha value is -1.96. The zero-order valence-electron chi connectivity index (χ0n) is 10.5. The number of para-hydroxylation sites is 2. The molecule has 2 N–H and O–H groups in total. The second kappa shape index (κ2) is 5.58. The van der Waals surface area contributed by atoms with Crippen molar-refractivity contribution in [1.82, 2.24) is 0 Å². The highest BCUT2D eigenvalue weighted by Gasteiger charge is 2.10. The van der Waals surface area contributed by atoms with E-state index in [1.54, 1.807) is 12.1 Å². The average molecular weight is 242 g/mol. The molecule has 0 saturated heterocycles. The van der Waals surface area contributed by atoms with Crippen molar-refractivity contribution < 1.29 is 10.2 Å². The van der Waals surface area contributed by atoms with Crippen molar-refractivity contribution in [3.63, 3.8) is 0 Å². The van der Waals surface area contributed by atoms with Gasteiger partial charge in [-0.15, -0.1) is 0 Å². The molecule has 2 nitrogen and oxygen atoms in total. The van der Waals surface area contributed by atoms with Crippen molar-refractivity contribution in [2.24, 2.45) is 5.92 Å². The van der Waals surface area contributed by atoms with Crippen LogP contribution >= 0.6 is 0 Å². The summed E-state index contributed by atoms with van der Waals surface area (Å²) in [4.78, 5) is 0. The molecule has 18 heavy (non-hydrogen) atoms. The van der Waals surface area contributed by atoms with E-state index in [0.29, 0.717) is 17.4 Å². The van der Waals surface area contributed by atoms with Crippen molar-refractivity contribution in [2.45, 2.75) is 19.8 Å². The van der Waals surface area contributed by atoms with E-state index < -0.39 is 0 Å². The standard InChI is InChI=1S/C16H18O2/c1-12(10-13-6-2-4-8-15(13)17)11-14-7-3-5-9-16(14)18/h2-9,12,17-18H,10-11H2,1H3. The summed E-state index contributed by atoms with van der Waals surface area (Å²) >= 11 is 0. The van der Waals surface area contributed by atoms with Crippen molar-refractivity contribution in [3.8, 4) is 11.5 Å². The molecule has 2 heteroatoms. The van der Waals surface area contributed by atoms with Crippen LogP contribution in [0.5, 0.6) is 11.5 Å². The van der Waals surface area contributed by atoms with Crippen molar-refractivity contribution in [3.05, 3.63) is 59.7 Å². The predicted molar refractivity (Wildman–Crippen MR) is 72.8 cm³/mol. The van der Waals surface area contributed by atoms with Crippen LogP contribution in [0.25, 0.3) is 0 Å². The molecule has 94 valence electrons. The summed E-state index contributed by atoms with van der Waals surface area (Å²) in [7, 11) is 0. The second-order valence-electron chi connectivity index (χ2n) is 4.77. The molecule has 2 aromatic carbocycles. The average Bonchev–Trinajstić information content (AvgIpc) is 2.35. The van der Waals surface area contributed by atoms with Crippen LogP contribution in [-0.4, -0.2) is 10.2 Å². The van der Waals surface area contributed by atoms with E-state index in [1.807, 2.05) is 36.4 Å². The number of rotatable bonds is 4. The Balaban J connectivity index is 2.04. The summed E-state index contributed by atoms with van der Waals surface area (Å²) in [6.07, 6.45) is 1.61. The van der Waals surface area contributed by atoms with Crippen LogP contribution in [0, 0.1) is 5.92 Å². The molecule has 0 spiro atoms. The Morgan fingerprint density at radius 1 is 0.778 bits per heavy atom. The van der Waals surface area contributed by atoms with E-state index in [4.69, 9.17) is 0 Å². The summed E-state index contributed by atoms with van der Waals surface area (Å²) in [5.41, 5.74) is 1.92. The highest BCUT2D eigenvalue weighted by Crippen LogP contribution is 2.24. The first-order valence-electron chi connectivity index (χ1n) is 6.20. The summed E-state index contributed by atoms with van der Waals surface area (Å²) in [6.45, 7) is 2.12. The van der Waals surface area contributed by atoms with Crippen molar-refractivity contribution >= 4 is 0 Å². The summed E-state index contributed by atoms with van der Waals surface area (Å²) in [5, 5.41) is 19.5. The molecule has 0 aliphatic carbocycles. The van der Waals surface area contributed by atoms with Gasteiger partial charge < -0.3 is 10.2 Å². The van der Waals surface area contributed by atoms with E-state index >= 15 is 0 Å². The zero-order valence-corrected chi connectivity index (χ0v) is 10.5. The smallest absolute Gasteiger partial charge is 0.118 e. The van der Waals surface area contributed by atoms with Crippen molar-refractivity contribution in [2.75, 3.05) is 0 Å². The van der Waals surface area contributed by atoms with Crippen LogP contribution in [0.1, 0.15) is 18.1 Å². The second-order valence-corrected chi connectivity index (χ2v) is 4.77. The third kappa shape index (κ3) is 3.04. The zero-order chi connectivity index (χ0) is 13.0. The SMILES string of the molecule is CC(Cc1ccccc1O)Cc1ccccc1O. The fraction of sp³-hybridized carbons (Fsp3) is 0.250. The lowest BCUT2D eigenvalue weighted by atomic mass is 9.93. The molecule has 0 amide bonds. The molecule has 0 bridgehead atoms. The maximum Gasteiger partial charge on any atom is 0.118 e. The minimum absolute atomic E-state index is 0.349. The largest absolute Gasteiger partial charge is 0.508 e. The third-order valence-corrected chi connectivity index (χ3v) is 3.12. The van der Waals surface area contributed by atoms with Gasteiger partial charge in [0.15, 0.2) is 0 Å². The van der Waals surface area contributed by atoms with Gasteiger partial charge in [0.2, 0.25) is 0 Å². The van der Waals surface area contributed by atoms with E-state index in [0.717, 1.165) is 24.0 Å². The Kier molecular flexibility index (Phi) is 3.88. The molecular weight excluding hydrogens is 224 g/mol. The topological polar surface area (TPSA) is 40.5 Å². The van der Waals surface area contributed by atoms with E-state index in [2.05, 4.69) is 6.92 Å². The Labute approximate surface area is 108 Å². The van der Waals surface area contributed by atoms with E-state index in [1.165, 1.54) is 0 Å². The molecule has 0 radical (unpaired) electrons. The highest BCUT2D eigenvalue weighted by molar-refractivity contribution is 5.34. The molecular formula is C16H18O2. The lowest BCUT2D eigenvalue weighted by molar-refractivity contribution is 0.449. The number of phenolic OH excluding ortho intramolecular Hbond substituents is 2. The number of phenols is 2. The Morgan fingerprint density at radius 2 is 1.17 bits per heavy atom. The van der Waals surface area contributed by atoms with Gasteiger partial charge in [-0.25, -0.2) is 0 Å². The first-order chi connectivity index (χ1) is 8.66. The normalized spacial score (nSPS) is 10.8. The number of hydrogen-bond acceptors (Lipinski definition) is 2. The highest BCUT2D eigenvalue weighted by atomic mass is 16.3. The minimum Gasteiger partial charge on any atom is -0.508 e. The molecule has 0 unspecified atom stereocenters. The minimum atomic E-state index is 0.349. The first-order valence-corrected chi connectivity index (χ1v) is 6.20. The molecule has 2 aromatic rings. The van der Waals surface area contributed by atoms with Gasteiger partial charge in [0.25, 0.3) is 0 Å². The predicted octanol–water partition coefficient (Wildman–Crippen LogP) is 3.52. The summed E-state index contributed by atoms with van der Waals surface area (Å²) in [5.74, 6) is 1.06. The van der Waals surface area contributed by atoms with Gasteiger partial charge in [-0.05, 0) is 42.0 Å². The maximum atomic E-state index is 9.73. The van der Waals surface area contributed by atoms with Gasteiger partial charge in [0.05, 0.1) is 0 Å². The van der Waals surface area contributed by atoms with Crippen molar-refractivity contribution in [1.29, 1.82) is 0 Å². The van der Waals surface area contributed by atoms with Crippen LogP contribution in [0.15, 0.2) is 48.5 Å². The first kappa shape index (κ1) is 12.5. The van der Waals surface area contributed by atoms with Gasteiger partial charge >= 0.3 is 0 Å². The van der Waals surface area contributed by atoms with Crippen LogP contribution in [0.2, 0.25) is 0 Å². The quantitative estimate of drug-likeness (QED) is 0.861. The molecule has 0 saturated carbocycles. The fourth-order valence-corrected chi connectivity index (χ4v) is 2.19. The monoisotopic (exact) mass is 242 g/mol. The number of hydrogen-bond donors (Lipinski definition) is 2. The van der Waals surface area contributed by atoms with Gasteiger partial charge in [-0.1, -0.05) is 43.3 Å². The molecule has 2 rings (SSSR count). The Bertz CT molecular complexity index is 473. The maximum absolute atomic E-state index is 9.73. The van der Waals surface area contributed by atoms with Crippen LogP contribution < -0.4 is 0 Å². The summed E-state index contributed by atoms with van der Waals surface area (Å²) < 4.78 is 0. The van der Waals surface area contributed by atoms with Crippen LogP contribution in [-0.2, 0) is 12.8 Å². The molecule has 0 aromatic heterocycles. The number of aromatic hydroxyl groups is 2. The lowest BCUT2D eigenvalue weighted by Gasteiger charge is -2.13. The Morgan fingerprint density at radius 3 is 1.56 bits per heavy atom. The molecule has 0 aliphatic heterocycles. The lowest BCUT2D eigenvalue weighted by Crippen LogP contribution is -2.04. The number of benzene rings is 2. The summed E-state index contributed by atoms with van der Waals surface area (Å²) in [6, 6.07) is 14.8. The molecule has 0 fully saturated rings. The van der Waals surface area contributed by atoms with Gasteiger partial charge in [0, 0.05) is 0 Å². The molecule has 0 atom stereocenters. The van der Waals surface area contributed by atoms with Gasteiger partial charge in [-0.2, -0.15) is 0 Å². The van der Waals surface area contributed by atoms with Gasteiger partial charge in [-0.3, -0.25) is 0 Å². The van der Waals surface area contributed by atoms with Crippen LogP contribution in [0.4, 0.5) is 0 Å². The molecule has 0 aliphatic rings. The van der Waals surface area contributed by atoms with E-state index in [9.17, 15) is 10.2 Å². The fourth-order valence-electron chi connectivity index (χ4n) is 2.19. The van der Waals surface area contributed by atoms with Gasteiger partial charge in [0.1, 0.15) is 11.5 Å².